The van der Waals surface area contributed by atoms with E-state index in [-0.39, 0.29) is 18.2 Å². The first-order chi connectivity index (χ1) is 11.5. The van der Waals surface area contributed by atoms with Gasteiger partial charge in [0.1, 0.15) is 6.04 Å². The first-order valence-electron chi connectivity index (χ1n) is 8.12. The summed E-state index contributed by atoms with van der Waals surface area (Å²) in [6.07, 6.45) is 0.286. The minimum atomic E-state index is -0.520. The van der Waals surface area contributed by atoms with Crippen LogP contribution < -0.4 is 5.32 Å². The van der Waals surface area contributed by atoms with Crippen LogP contribution in [0.3, 0.4) is 0 Å². The van der Waals surface area contributed by atoms with Gasteiger partial charge in [-0.3, -0.25) is 9.59 Å². The van der Waals surface area contributed by atoms with Crippen LogP contribution in [0.15, 0.2) is 54.6 Å². The molecule has 126 valence electrons. The number of likely N-dealkylation sites (N-methyl/N-ethyl adjacent to an activating group) is 1. The Kier molecular flexibility index (Phi) is 6.13. The number of rotatable bonds is 6. The van der Waals surface area contributed by atoms with E-state index >= 15 is 0 Å². The molecule has 0 heterocycles. The number of amides is 2. The van der Waals surface area contributed by atoms with E-state index in [1.54, 1.807) is 18.9 Å². The van der Waals surface area contributed by atoms with Crippen LogP contribution in [-0.4, -0.2) is 29.8 Å². The first-order valence-corrected chi connectivity index (χ1v) is 8.12. The summed E-state index contributed by atoms with van der Waals surface area (Å²) in [5, 5.41) is 2.62. The highest BCUT2D eigenvalue weighted by Gasteiger charge is 2.25. The van der Waals surface area contributed by atoms with Crippen LogP contribution in [-0.2, 0) is 22.6 Å². The van der Waals surface area contributed by atoms with Crippen molar-refractivity contribution in [2.45, 2.75) is 32.9 Å². The molecule has 2 amide bonds. The number of carbonyl (C=O) groups is 2. The zero-order chi connectivity index (χ0) is 17.5. The molecule has 4 heteroatoms. The molecule has 0 aliphatic carbocycles. The summed E-state index contributed by atoms with van der Waals surface area (Å²) < 4.78 is 0. The van der Waals surface area contributed by atoms with Gasteiger partial charge in [0, 0.05) is 13.6 Å². The first kappa shape index (κ1) is 17.7. The van der Waals surface area contributed by atoms with Crippen molar-refractivity contribution in [1.29, 1.82) is 0 Å². The smallest absolute Gasteiger partial charge is 0.242 e. The van der Waals surface area contributed by atoms with Crippen LogP contribution in [0.25, 0.3) is 0 Å². The van der Waals surface area contributed by atoms with Crippen LogP contribution in [0, 0.1) is 6.92 Å². The number of nitrogens with one attached hydrogen (secondary N) is 1. The molecular formula is C20H24N2O2. The Labute approximate surface area is 143 Å². The van der Waals surface area contributed by atoms with Crippen molar-refractivity contribution in [2.24, 2.45) is 0 Å². The Hall–Kier alpha value is -2.62. The van der Waals surface area contributed by atoms with Crippen molar-refractivity contribution < 1.29 is 9.59 Å². The summed E-state index contributed by atoms with van der Waals surface area (Å²) in [6.45, 7) is 4.19. The third kappa shape index (κ3) is 4.69. The van der Waals surface area contributed by atoms with E-state index in [9.17, 15) is 9.59 Å². The summed E-state index contributed by atoms with van der Waals surface area (Å²) >= 11 is 0. The minimum absolute atomic E-state index is 0.0567. The van der Waals surface area contributed by atoms with Crippen LogP contribution in [0.4, 0.5) is 0 Å². The number of hydrogen-bond donors (Lipinski definition) is 1. The fraction of sp³-hybridized carbons (Fsp3) is 0.300. The third-order valence-corrected chi connectivity index (χ3v) is 4.09. The van der Waals surface area contributed by atoms with Gasteiger partial charge in [-0.05, 0) is 25.0 Å². The van der Waals surface area contributed by atoms with Crippen molar-refractivity contribution in [3.63, 3.8) is 0 Å². The predicted molar refractivity (Wildman–Crippen MR) is 95.4 cm³/mol. The maximum absolute atomic E-state index is 12.8. The van der Waals surface area contributed by atoms with E-state index < -0.39 is 6.04 Å². The van der Waals surface area contributed by atoms with Crippen molar-refractivity contribution in [3.05, 3.63) is 71.3 Å². The van der Waals surface area contributed by atoms with Crippen LogP contribution in [0.1, 0.15) is 23.6 Å². The van der Waals surface area contributed by atoms with Gasteiger partial charge < -0.3 is 10.2 Å². The van der Waals surface area contributed by atoms with Gasteiger partial charge in [-0.1, -0.05) is 60.2 Å². The van der Waals surface area contributed by atoms with Gasteiger partial charge in [0.15, 0.2) is 0 Å². The fourth-order valence-electron chi connectivity index (χ4n) is 2.55. The second kappa shape index (κ2) is 8.29. The Morgan fingerprint density at radius 1 is 1.00 bits per heavy atom. The lowest BCUT2D eigenvalue weighted by atomic mass is 10.1. The SMILES string of the molecule is CNC(=O)[C@H](C)N(Cc1ccccc1)C(=O)Cc1ccc(C)cc1. The van der Waals surface area contributed by atoms with Gasteiger partial charge in [0.05, 0.1) is 6.42 Å². The van der Waals surface area contributed by atoms with Crippen molar-refractivity contribution >= 4 is 11.8 Å². The van der Waals surface area contributed by atoms with Gasteiger partial charge in [-0.2, -0.15) is 0 Å². The standard InChI is InChI=1S/C20H24N2O2/c1-15-9-11-17(12-10-15)13-19(23)22(16(2)20(24)21-3)14-18-7-5-4-6-8-18/h4-12,16H,13-14H2,1-3H3,(H,21,24)/t16-/m0/s1. The Morgan fingerprint density at radius 3 is 2.21 bits per heavy atom. The zero-order valence-corrected chi connectivity index (χ0v) is 14.5. The zero-order valence-electron chi connectivity index (χ0n) is 14.5. The topological polar surface area (TPSA) is 49.4 Å². The Morgan fingerprint density at radius 2 is 1.62 bits per heavy atom. The molecule has 2 aromatic carbocycles. The molecule has 2 aromatic rings. The molecule has 0 saturated heterocycles. The maximum atomic E-state index is 12.8. The molecule has 0 aliphatic rings. The molecule has 0 saturated carbocycles. The average Bonchev–Trinajstić information content (AvgIpc) is 2.61. The molecule has 0 aliphatic heterocycles. The summed E-state index contributed by atoms with van der Waals surface area (Å²) in [5.41, 5.74) is 3.12. The normalized spacial score (nSPS) is 11.6. The third-order valence-electron chi connectivity index (χ3n) is 4.09. The summed E-state index contributed by atoms with van der Waals surface area (Å²) in [6, 6.07) is 17.1. The fourth-order valence-corrected chi connectivity index (χ4v) is 2.55. The summed E-state index contributed by atoms with van der Waals surface area (Å²) in [4.78, 5) is 26.5. The van der Waals surface area contributed by atoms with Gasteiger partial charge >= 0.3 is 0 Å². The molecule has 1 atom stereocenters. The minimum Gasteiger partial charge on any atom is -0.357 e. The van der Waals surface area contributed by atoms with Crippen molar-refractivity contribution in [2.75, 3.05) is 7.05 Å². The Balaban J connectivity index is 2.18. The molecule has 0 unspecified atom stereocenters. The second-order valence-corrected chi connectivity index (χ2v) is 5.96. The highest BCUT2D eigenvalue weighted by Crippen LogP contribution is 2.13. The largest absolute Gasteiger partial charge is 0.357 e. The number of benzene rings is 2. The quantitative estimate of drug-likeness (QED) is 0.888. The Bertz CT molecular complexity index is 681. The van der Waals surface area contributed by atoms with Gasteiger partial charge in [-0.25, -0.2) is 0 Å². The molecule has 4 nitrogen and oxygen atoms in total. The van der Waals surface area contributed by atoms with E-state index in [1.807, 2.05) is 61.5 Å². The van der Waals surface area contributed by atoms with E-state index in [0.29, 0.717) is 6.54 Å². The van der Waals surface area contributed by atoms with Crippen LogP contribution >= 0.6 is 0 Å². The van der Waals surface area contributed by atoms with E-state index in [0.717, 1.165) is 16.7 Å². The molecule has 0 radical (unpaired) electrons. The molecule has 2 rings (SSSR count). The lowest BCUT2D eigenvalue weighted by molar-refractivity contribution is -0.139. The highest BCUT2D eigenvalue weighted by molar-refractivity contribution is 5.88. The number of carbonyl (C=O) groups excluding carboxylic acids is 2. The average molecular weight is 324 g/mol. The monoisotopic (exact) mass is 324 g/mol. The lowest BCUT2D eigenvalue weighted by Crippen LogP contribution is -2.47. The van der Waals surface area contributed by atoms with Gasteiger partial charge in [-0.15, -0.1) is 0 Å². The van der Waals surface area contributed by atoms with Crippen LogP contribution in [0.5, 0.6) is 0 Å². The summed E-state index contributed by atoms with van der Waals surface area (Å²) in [7, 11) is 1.59. The molecule has 0 spiro atoms. The molecule has 1 N–H and O–H groups in total. The van der Waals surface area contributed by atoms with Gasteiger partial charge in [0.25, 0.3) is 0 Å². The number of hydrogen-bond acceptors (Lipinski definition) is 2. The lowest BCUT2D eigenvalue weighted by Gasteiger charge is -2.28. The van der Waals surface area contributed by atoms with E-state index in [2.05, 4.69) is 5.32 Å². The highest BCUT2D eigenvalue weighted by atomic mass is 16.2. The second-order valence-electron chi connectivity index (χ2n) is 5.96. The molecule has 0 fully saturated rings. The molecule has 0 bridgehead atoms. The molecular weight excluding hydrogens is 300 g/mol. The number of aryl methyl sites for hydroxylation is 1. The maximum Gasteiger partial charge on any atom is 0.242 e. The van der Waals surface area contributed by atoms with Crippen molar-refractivity contribution in [3.8, 4) is 0 Å². The van der Waals surface area contributed by atoms with E-state index in [4.69, 9.17) is 0 Å². The van der Waals surface area contributed by atoms with Gasteiger partial charge in [0.2, 0.25) is 11.8 Å². The van der Waals surface area contributed by atoms with Crippen molar-refractivity contribution in [1.82, 2.24) is 10.2 Å². The van der Waals surface area contributed by atoms with E-state index in [1.165, 1.54) is 0 Å². The number of nitrogens with zero attached hydrogens (tertiary/aromatic N) is 1. The van der Waals surface area contributed by atoms with Crippen LogP contribution in [0.2, 0.25) is 0 Å². The predicted octanol–water partition coefficient (Wildman–Crippen LogP) is 2.70. The summed E-state index contributed by atoms with van der Waals surface area (Å²) in [5.74, 6) is -0.220. The molecule has 24 heavy (non-hydrogen) atoms. The molecule has 0 aromatic heterocycles.